The number of alkyl halides is 1. The standard InChI is InChI=1S/C9H12Cl2N2O/c1-13(2)8(14)12-9(11)5-3-4-7(10)6-9/h3-5H,6H2,1-2H3,(H,12,14). The van der Waals surface area contributed by atoms with Gasteiger partial charge in [0.15, 0.2) is 0 Å². The largest absolute Gasteiger partial charge is 0.331 e. The van der Waals surface area contributed by atoms with Crippen molar-refractivity contribution in [3.63, 3.8) is 0 Å². The van der Waals surface area contributed by atoms with E-state index in [1.54, 1.807) is 32.3 Å². The van der Waals surface area contributed by atoms with Crippen LogP contribution in [0.5, 0.6) is 0 Å². The van der Waals surface area contributed by atoms with E-state index >= 15 is 0 Å². The van der Waals surface area contributed by atoms with E-state index in [-0.39, 0.29) is 6.03 Å². The average molecular weight is 235 g/mol. The van der Waals surface area contributed by atoms with Crippen LogP contribution < -0.4 is 5.32 Å². The Morgan fingerprint density at radius 2 is 2.29 bits per heavy atom. The van der Waals surface area contributed by atoms with E-state index in [0.29, 0.717) is 11.5 Å². The van der Waals surface area contributed by atoms with Gasteiger partial charge in [0, 0.05) is 25.5 Å². The summed E-state index contributed by atoms with van der Waals surface area (Å²) in [5.74, 6) is 0. The number of urea groups is 1. The van der Waals surface area contributed by atoms with Crippen LogP contribution >= 0.6 is 23.2 Å². The van der Waals surface area contributed by atoms with Crippen molar-refractivity contribution in [1.82, 2.24) is 10.2 Å². The second-order valence-corrected chi connectivity index (χ2v) is 4.50. The van der Waals surface area contributed by atoms with Gasteiger partial charge >= 0.3 is 6.03 Å². The summed E-state index contributed by atoms with van der Waals surface area (Å²) in [5, 5.41) is 3.29. The van der Waals surface area contributed by atoms with Crippen molar-refractivity contribution in [2.75, 3.05) is 14.1 Å². The molecule has 5 heteroatoms. The Kier molecular flexibility index (Phi) is 3.45. The topological polar surface area (TPSA) is 32.3 Å². The van der Waals surface area contributed by atoms with Gasteiger partial charge in [0.25, 0.3) is 0 Å². The molecular weight excluding hydrogens is 223 g/mol. The third-order valence-corrected chi connectivity index (χ3v) is 2.40. The molecule has 1 unspecified atom stereocenters. The molecule has 0 fully saturated rings. The summed E-state index contributed by atoms with van der Waals surface area (Å²) in [6, 6.07) is -0.240. The third kappa shape index (κ3) is 2.93. The fraction of sp³-hybridized carbons (Fsp3) is 0.444. The number of halogens is 2. The highest BCUT2D eigenvalue weighted by Gasteiger charge is 2.29. The molecule has 1 aliphatic carbocycles. The molecule has 0 spiro atoms. The van der Waals surface area contributed by atoms with Gasteiger partial charge in [0.2, 0.25) is 0 Å². The molecule has 0 aromatic carbocycles. The van der Waals surface area contributed by atoms with Crippen molar-refractivity contribution in [2.45, 2.75) is 11.4 Å². The van der Waals surface area contributed by atoms with E-state index < -0.39 is 5.00 Å². The molecule has 1 aliphatic rings. The van der Waals surface area contributed by atoms with Gasteiger partial charge in [-0.05, 0) is 12.2 Å². The van der Waals surface area contributed by atoms with Crippen LogP contribution in [-0.2, 0) is 0 Å². The van der Waals surface area contributed by atoms with E-state index in [2.05, 4.69) is 5.32 Å². The van der Waals surface area contributed by atoms with E-state index in [1.165, 1.54) is 4.90 Å². The molecule has 0 saturated heterocycles. The van der Waals surface area contributed by atoms with Gasteiger partial charge in [-0.25, -0.2) is 4.79 Å². The second kappa shape index (κ2) is 4.24. The quantitative estimate of drug-likeness (QED) is 0.548. The first-order chi connectivity index (χ1) is 6.43. The van der Waals surface area contributed by atoms with Crippen LogP contribution in [0.15, 0.2) is 23.3 Å². The zero-order valence-electron chi connectivity index (χ0n) is 8.05. The molecule has 78 valence electrons. The number of rotatable bonds is 1. The van der Waals surface area contributed by atoms with Crippen LogP contribution in [0.25, 0.3) is 0 Å². The maximum atomic E-state index is 11.4. The Labute approximate surface area is 93.4 Å². The molecule has 0 saturated carbocycles. The number of carbonyl (C=O) groups is 1. The summed E-state index contributed by atoms with van der Waals surface area (Å²) >= 11 is 12.0. The molecular formula is C9H12Cl2N2O. The molecule has 0 bridgehead atoms. The van der Waals surface area contributed by atoms with E-state index in [9.17, 15) is 4.79 Å². The minimum absolute atomic E-state index is 0.240. The van der Waals surface area contributed by atoms with Crippen molar-refractivity contribution in [3.05, 3.63) is 23.3 Å². The monoisotopic (exact) mass is 234 g/mol. The van der Waals surface area contributed by atoms with Crippen molar-refractivity contribution in [2.24, 2.45) is 0 Å². The van der Waals surface area contributed by atoms with E-state index in [1.807, 2.05) is 0 Å². The predicted molar refractivity (Wildman–Crippen MR) is 58.5 cm³/mol. The first-order valence-corrected chi connectivity index (χ1v) is 4.91. The third-order valence-electron chi connectivity index (χ3n) is 1.78. The average Bonchev–Trinajstić information content (AvgIpc) is 2.02. The van der Waals surface area contributed by atoms with E-state index in [0.717, 1.165) is 0 Å². The number of allylic oxidation sites excluding steroid dienone is 2. The lowest BCUT2D eigenvalue weighted by Gasteiger charge is -2.28. The van der Waals surface area contributed by atoms with Crippen LogP contribution in [-0.4, -0.2) is 30.0 Å². The molecule has 0 aromatic heterocycles. The fourth-order valence-electron chi connectivity index (χ4n) is 1.04. The molecule has 0 heterocycles. The molecule has 0 aromatic rings. The molecule has 3 nitrogen and oxygen atoms in total. The van der Waals surface area contributed by atoms with Crippen molar-refractivity contribution in [3.8, 4) is 0 Å². The smallest absolute Gasteiger partial charge is 0.318 e. The molecule has 0 aliphatic heterocycles. The van der Waals surface area contributed by atoms with Crippen LogP contribution in [0, 0.1) is 0 Å². The second-order valence-electron chi connectivity index (χ2n) is 3.34. The number of nitrogens with one attached hydrogen (secondary N) is 1. The highest BCUT2D eigenvalue weighted by atomic mass is 35.5. The lowest BCUT2D eigenvalue weighted by molar-refractivity contribution is 0.213. The molecule has 0 radical (unpaired) electrons. The Balaban J connectivity index is 2.65. The van der Waals surface area contributed by atoms with Gasteiger partial charge in [-0.2, -0.15) is 0 Å². The summed E-state index contributed by atoms with van der Waals surface area (Å²) in [7, 11) is 3.30. The van der Waals surface area contributed by atoms with Gasteiger partial charge in [-0.1, -0.05) is 29.3 Å². The number of carbonyl (C=O) groups excluding carboxylic acids is 1. The molecule has 1 rings (SSSR count). The number of nitrogens with zero attached hydrogens (tertiary/aromatic N) is 1. The van der Waals surface area contributed by atoms with Crippen molar-refractivity contribution < 1.29 is 4.79 Å². The van der Waals surface area contributed by atoms with Gasteiger partial charge in [0.05, 0.1) is 0 Å². The predicted octanol–water partition coefficient (Wildman–Crippen LogP) is 2.28. The zero-order valence-corrected chi connectivity index (χ0v) is 9.56. The molecule has 1 atom stereocenters. The van der Waals surface area contributed by atoms with Gasteiger partial charge in [-0.15, -0.1) is 0 Å². The van der Waals surface area contributed by atoms with Gasteiger partial charge in [0.1, 0.15) is 5.00 Å². The first kappa shape index (κ1) is 11.4. The Morgan fingerprint density at radius 1 is 1.64 bits per heavy atom. The normalized spacial score (nSPS) is 25.6. The van der Waals surface area contributed by atoms with Crippen molar-refractivity contribution in [1.29, 1.82) is 0 Å². The maximum absolute atomic E-state index is 11.4. The van der Waals surface area contributed by atoms with Crippen LogP contribution in [0.2, 0.25) is 0 Å². The minimum atomic E-state index is -0.896. The SMILES string of the molecule is CN(C)C(=O)NC1(Cl)C=CC=C(Cl)C1. The van der Waals surface area contributed by atoms with Gasteiger partial charge < -0.3 is 10.2 Å². The summed E-state index contributed by atoms with van der Waals surface area (Å²) < 4.78 is 0. The highest BCUT2D eigenvalue weighted by molar-refractivity contribution is 6.32. The first-order valence-electron chi connectivity index (χ1n) is 4.15. The highest BCUT2D eigenvalue weighted by Crippen LogP contribution is 2.28. The maximum Gasteiger partial charge on any atom is 0.318 e. The summed E-state index contributed by atoms with van der Waals surface area (Å²) in [5.41, 5.74) is 0. The lowest BCUT2D eigenvalue weighted by Crippen LogP contribution is -2.47. The Bertz CT molecular complexity index is 299. The molecule has 14 heavy (non-hydrogen) atoms. The minimum Gasteiger partial charge on any atom is -0.331 e. The number of amides is 2. The van der Waals surface area contributed by atoms with Crippen molar-refractivity contribution >= 4 is 29.2 Å². The Morgan fingerprint density at radius 3 is 2.79 bits per heavy atom. The Hall–Kier alpha value is -0.670. The van der Waals surface area contributed by atoms with Gasteiger partial charge in [-0.3, -0.25) is 0 Å². The van der Waals surface area contributed by atoms with Crippen LogP contribution in [0.3, 0.4) is 0 Å². The lowest BCUT2D eigenvalue weighted by atomic mass is 10.1. The van der Waals surface area contributed by atoms with E-state index in [4.69, 9.17) is 23.2 Å². The van der Waals surface area contributed by atoms with Crippen LogP contribution in [0.1, 0.15) is 6.42 Å². The zero-order chi connectivity index (χ0) is 10.8. The molecule has 1 N–H and O–H groups in total. The number of hydrogen-bond acceptors (Lipinski definition) is 1. The summed E-state index contributed by atoms with van der Waals surface area (Å²) in [4.78, 5) is 11.9. The fourth-order valence-corrected chi connectivity index (χ4v) is 1.69. The molecule has 2 amide bonds. The number of hydrogen-bond donors (Lipinski definition) is 1. The summed E-state index contributed by atoms with van der Waals surface area (Å²) in [6.07, 6.45) is 5.60. The summed E-state index contributed by atoms with van der Waals surface area (Å²) in [6.45, 7) is 0. The van der Waals surface area contributed by atoms with Crippen LogP contribution in [0.4, 0.5) is 4.79 Å².